The summed E-state index contributed by atoms with van der Waals surface area (Å²) in [7, 11) is 0. The fourth-order valence-corrected chi connectivity index (χ4v) is 2.57. The maximum Gasteiger partial charge on any atom is 0.0418 e. The quantitative estimate of drug-likeness (QED) is 0.763. The second-order valence-corrected chi connectivity index (χ2v) is 4.98. The van der Waals surface area contributed by atoms with E-state index in [1.807, 2.05) is 6.07 Å². The first-order valence-electron chi connectivity index (χ1n) is 6.38. The van der Waals surface area contributed by atoms with Crippen molar-refractivity contribution in [1.29, 1.82) is 0 Å². The first-order chi connectivity index (χ1) is 8.74. The summed E-state index contributed by atoms with van der Waals surface area (Å²) in [6, 6.07) is 17.5. The second-order valence-electron chi connectivity index (χ2n) is 4.98. The van der Waals surface area contributed by atoms with Gasteiger partial charge in [-0.2, -0.15) is 0 Å². The number of nitrogens with one attached hydrogen (secondary N) is 1. The third-order valence-corrected chi connectivity index (χ3v) is 3.46. The van der Waals surface area contributed by atoms with Gasteiger partial charge in [0.1, 0.15) is 0 Å². The van der Waals surface area contributed by atoms with Crippen LogP contribution in [-0.4, -0.2) is 6.04 Å². The summed E-state index contributed by atoms with van der Waals surface area (Å²) in [5.74, 6) is 0. The molecule has 0 aliphatic carbocycles. The minimum Gasteiger partial charge on any atom is -0.382 e. The Morgan fingerprint density at radius 3 is 2.61 bits per heavy atom. The van der Waals surface area contributed by atoms with Gasteiger partial charge in [0, 0.05) is 17.3 Å². The zero-order chi connectivity index (χ0) is 12.5. The number of benzene rings is 2. The average Bonchev–Trinajstić information content (AvgIpc) is 2.39. The molecule has 0 aromatic heterocycles. The lowest BCUT2D eigenvalue weighted by Gasteiger charge is -2.26. The van der Waals surface area contributed by atoms with Crippen LogP contribution in [0.2, 0.25) is 0 Å². The molecule has 0 saturated heterocycles. The Balaban J connectivity index is 2.06. The van der Waals surface area contributed by atoms with Gasteiger partial charge < -0.3 is 5.32 Å². The third kappa shape index (κ3) is 1.92. The molecule has 2 aromatic carbocycles. The smallest absolute Gasteiger partial charge is 0.0418 e. The van der Waals surface area contributed by atoms with Crippen LogP contribution in [0.4, 0.5) is 5.69 Å². The summed E-state index contributed by atoms with van der Waals surface area (Å²) in [5.41, 5.74) is 6.21. The second kappa shape index (κ2) is 4.34. The summed E-state index contributed by atoms with van der Waals surface area (Å²) < 4.78 is 0. The fourth-order valence-electron chi connectivity index (χ4n) is 2.57. The van der Waals surface area contributed by atoms with Gasteiger partial charge in [0.2, 0.25) is 0 Å². The minimum absolute atomic E-state index is 0.479. The van der Waals surface area contributed by atoms with Gasteiger partial charge in [-0.3, -0.25) is 0 Å². The molecule has 0 bridgehead atoms. The van der Waals surface area contributed by atoms with Crippen molar-refractivity contribution in [2.45, 2.75) is 19.4 Å². The molecule has 0 fully saturated rings. The van der Waals surface area contributed by atoms with Crippen LogP contribution < -0.4 is 5.32 Å². The van der Waals surface area contributed by atoms with Crippen molar-refractivity contribution >= 4 is 11.3 Å². The molecule has 1 heterocycles. The summed E-state index contributed by atoms with van der Waals surface area (Å²) in [6.07, 6.45) is 1.02. The van der Waals surface area contributed by atoms with Crippen molar-refractivity contribution in [3.8, 4) is 11.1 Å². The fraction of sp³-hybridized carbons (Fsp3) is 0.176. The van der Waals surface area contributed by atoms with E-state index in [0.717, 1.165) is 6.42 Å². The SMILES string of the molecule is C=C1CC(C)Nc2ccc(-c3ccccc3)cc21. The lowest BCUT2D eigenvalue weighted by Crippen LogP contribution is -2.20. The van der Waals surface area contributed by atoms with Gasteiger partial charge in [0.15, 0.2) is 0 Å². The highest BCUT2D eigenvalue weighted by molar-refractivity contribution is 5.82. The summed E-state index contributed by atoms with van der Waals surface area (Å²) in [6.45, 7) is 6.39. The Morgan fingerprint density at radius 1 is 1.06 bits per heavy atom. The predicted octanol–water partition coefficient (Wildman–Crippen LogP) is 4.57. The van der Waals surface area contributed by atoms with Gasteiger partial charge >= 0.3 is 0 Å². The molecule has 1 aliphatic rings. The number of fused-ring (bicyclic) bond motifs is 1. The van der Waals surface area contributed by atoms with Gasteiger partial charge in [0.05, 0.1) is 0 Å². The topological polar surface area (TPSA) is 12.0 Å². The number of rotatable bonds is 1. The highest BCUT2D eigenvalue weighted by atomic mass is 14.9. The zero-order valence-corrected chi connectivity index (χ0v) is 10.6. The molecule has 0 spiro atoms. The monoisotopic (exact) mass is 235 g/mol. The molecule has 0 amide bonds. The standard InChI is InChI=1S/C17H17N/c1-12-10-13(2)18-17-9-8-15(11-16(12)17)14-6-4-3-5-7-14/h3-9,11,13,18H,1,10H2,2H3. The third-order valence-electron chi connectivity index (χ3n) is 3.46. The van der Waals surface area contributed by atoms with Crippen LogP contribution in [0.25, 0.3) is 16.7 Å². The van der Waals surface area contributed by atoms with Crippen molar-refractivity contribution < 1.29 is 0 Å². The number of anilines is 1. The van der Waals surface area contributed by atoms with Crippen molar-refractivity contribution in [3.05, 3.63) is 60.7 Å². The molecule has 1 unspecified atom stereocenters. The van der Waals surface area contributed by atoms with Crippen molar-refractivity contribution in [2.24, 2.45) is 0 Å². The molecule has 1 atom stereocenters. The molecular formula is C17H17N. The van der Waals surface area contributed by atoms with Crippen LogP contribution in [0.5, 0.6) is 0 Å². The van der Waals surface area contributed by atoms with Crippen LogP contribution in [0, 0.1) is 0 Å². The molecule has 90 valence electrons. The van der Waals surface area contributed by atoms with Gasteiger partial charge in [0.25, 0.3) is 0 Å². The van der Waals surface area contributed by atoms with Gasteiger partial charge in [-0.15, -0.1) is 0 Å². The van der Waals surface area contributed by atoms with Crippen LogP contribution in [-0.2, 0) is 0 Å². The van der Waals surface area contributed by atoms with Gasteiger partial charge in [-0.25, -0.2) is 0 Å². The average molecular weight is 235 g/mol. The maximum atomic E-state index is 4.20. The lowest BCUT2D eigenvalue weighted by molar-refractivity contribution is 0.809. The molecule has 2 aromatic rings. The van der Waals surface area contributed by atoms with E-state index in [9.17, 15) is 0 Å². The Bertz CT molecular complexity index is 584. The van der Waals surface area contributed by atoms with E-state index < -0.39 is 0 Å². The Labute approximate surface area is 108 Å². The molecule has 18 heavy (non-hydrogen) atoms. The van der Waals surface area contributed by atoms with Crippen molar-refractivity contribution in [3.63, 3.8) is 0 Å². The largest absolute Gasteiger partial charge is 0.382 e. The lowest BCUT2D eigenvalue weighted by atomic mass is 9.91. The molecule has 1 nitrogen and oxygen atoms in total. The normalized spacial score (nSPS) is 18.1. The van der Waals surface area contributed by atoms with E-state index in [2.05, 4.69) is 61.3 Å². The van der Waals surface area contributed by atoms with Crippen molar-refractivity contribution in [1.82, 2.24) is 0 Å². The maximum absolute atomic E-state index is 4.20. The molecule has 0 radical (unpaired) electrons. The van der Waals surface area contributed by atoms with E-state index in [1.54, 1.807) is 0 Å². The number of hydrogen-bond acceptors (Lipinski definition) is 1. The van der Waals surface area contributed by atoms with Crippen LogP contribution in [0.3, 0.4) is 0 Å². The Hall–Kier alpha value is -2.02. The van der Waals surface area contributed by atoms with E-state index in [-0.39, 0.29) is 0 Å². The zero-order valence-electron chi connectivity index (χ0n) is 10.6. The first kappa shape index (κ1) is 11.1. The highest BCUT2D eigenvalue weighted by Crippen LogP contribution is 2.35. The van der Waals surface area contributed by atoms with E-state index >= 15 is 0 Å². The van der Waals surface area contributed by atoms with E-state index in [4.69, 9.17) is 0 Å². The minimum atomic E-state index is 0.479. The van der Waals surface area contributed by atoms with Crippen molar-refractivity contribution in [2.75, 3.05) is 5.32 Å². The molecule has 0 saturated carbocycles. The molecule has 1 aliphatic heterocycles. The number of hydrogen-bond donors (Lipinski definition) is 1. The van der Waals surface area contributed by atoms with Crippen LogP contribution in [0.1, 0.15) is 18.9 Å². The Morgan fingerprint density at radius 2 is 1.83 bits per heavy atom. The molecule has 3 rings (SSSR count). The molecule has 1 N–H and O–H groups in total. The van der Waals surface area contributed by atoms with E-state index in [0.29, 0.717) is 6.04 Å². The van der Waals surface area contributed by atoms with Crippen LogP contribution in [0.15, 0.2) is 55.1 Å². The van der Waals surface area contributed by atoms with Gasteiger partial charge in [-0.1, -0.05) is 43.0 Å². The van der Waals surface area contributed by atoms with Gasteiger partial charge in [-0.05, 0) is 42.2 Å². The predicted molar refractivity (Wildman–Crippen MR) is 78.6 cm³/mol. The summed E-state index contributed by atoms with van der Waals surface area (Å²) in [5, 5.41) is 3.51. The summed E-state index contributed by atoms with van der Waals surface area (Å²) >= 11 is 0. The Kier molecular flexibility index (Phi) is 2.67. The van der Waals surface area contributed by atoms with Crippen LogP contribution >= 0.6 is 0 Å². The van der Waals surface area contributed by atoms with E-state index in [1.165, 1.54) is 28.0 Å². The molecule has 1 heteroatoms. The summed E-state index contributed by atoms with van der Waals surface area (Å²) in [4.78, 5) is 0. The first-order valence-corrected chi connectivity index (χ1v) is 6.38. The molecular weight excluding hydrogens is 218 g/mol. The highest BCUT2D eigenvalue weighted by Gasteiger charge is 2.17.